The fourth-order valence-corrected chi connectivity index (χ4v) is 6.38. The van der Waals surface area contributed by atoms with E-state index in [9.17, 15) is 0 Å². The van der Waals surface area contributed by atoms with Crippen molar-refractivity contribution in [2.45, 2.75) is 155 Å². The first kappa shape index (κ1) is 37.9. The first-order valence-electron chi connectivity index (χ1n) is 19.3. The molecule has 2 heteroatoms. The van der Waals surface area contributed by atoms with Crippen LogP contribution in [0.15, 0.2) is 72.8 Å². The molecule has 0 amide bonds. The van der Waals surface area contributed by atoms with Gasteiger partial charge in [-0.3, -0.25) is 0 Å². The second-order valence-corrected chi connectivity index (χ2v) is 13.4. The van der Waals surface area contributed by atoms with Crippen LogP contribution in [0.4, 0.5) is 0 Å². The molecular weight excluding hydrogens is 560 g/mol. The van der Waals surface area contributed by atoms with E-state index in [1.54, 1.807) is 0 Å². The van der Waals surface area contributed by atoms with Gasteiger partial charge in [0.25, 0.3) is 0 Å². The Morgan fingerprint density at radius 1 is 0.435 bits per heavy atom. The van der Waals surface area contributed by atoms with Crippen LogP contribution in [0, 0.1) is 0 Å². The number of unbranched alkanes of at least 4 members (excludes halogenated alkanes) is 18. The Balaban J connectivity index is 1.36. The summed E-state index contributed by atoms with van der Waals surface area (Å²) in [4.78, 5) is 0. The molecule has 0 radical (unpaired) electrons. The summed E-state index contributed by atoms with van der Waals surface area (Å²) in [6.07, 6.45) is 27.1. The summed E-state index contributed by atoms with van der Waals surface area (Å²) in [6.45, 7) is 8.40. The van der Waals surface area contributed by atoms with Gasteiger partial charge in [0, 0.05) is 6.61 Å². The van der Waals surface area contributed by atoms with Gasteiger partial charge in [0.05, 0.1) is 12.7 Å². The van der Waals surface area contributed by atoms with Crippen molar-refractivity contribution in [1.82, 2.24) is 0 Å². The first-order chi connectivity index (χ1) is 22.7. The van der Waals surface area contributed by atoms with E-state index < -0.39 is 0 Å². The average molecular weight is 627 g/mol. The zero-order valence-electron chi connectivity index (χ0n) is 29.9. The monoisotopic (exact) mass is 627 g/mol. The summed E-state index contributed by atoms with van der Waals surface area (Å²) >= 11 is 0. The molecule has 254 valence electrons. The maximum Gasteiger partial charge on any atom is 0.119 e. The lowest BCUT2D eigenvalue weighted by molar-refractivity contribution is 0.0627. The highest BCUT2D eigenvalue weighted by Crippen LogP contribution is 2.34. The lowest BCUT2D eigenvalue weighted by atomic mass is 9.94. The number of rotatable bonds is 27. The Bertz CT molecular complexity index is 1130. The van der Waals surface area contributed by atoms with Crippen molar-refractivity contribution >= 4 is 0 Å². The first-order valence-corrected chi connectivity index (χ1v) is 19.3. The smallest absolute Gasteiger partial charge is 0.119 e. The van der Waals surface area contributed by atoms with Crippen molar-refractivity contribution < 1.29 is 9.47 Å². The molecule has 0 N–H and O–H groups in total. The molecule has 0 bridgehead atoms. The second kappa shape index (κ2) is 24.6. The summed E-state index contributed by atoms with van der Waals surface area (Å²) in [5.41, 5.74) is 6.21. The quantitative estimate of drug-likeness (QED) is 0.0784. The van der Waals surface area contributed by atoms with Gasteiger partial charge in [-0.1, -0.05) is 190 Å². The van der Waals surface area contributed by atoms with Crippen molar-refractivity contribution in [2.24, 2.45) is 0 Å². The van der Waals surface area contributed by atoms with E-state index in [0.29, 0.717) is 0 Å². The molecule has 3 aromatic carbocycles. The minimum atomic E-state index is 0.122. The van der Waals surface area contributed by atoms with E-state index in [1.807, 2.05) is 0 Å². The molecule has 0 spiro atoms. The summed E-state index contributed by atoms with van der Waals surface area (Å²) < 4.78 is 12.3. The molecule has 0 heterocycles. The maximum absolute atomic E-state index is 6.19. The number of hydrogen-bond acceptors (Lipinski definition) is 2. The molecule has 0 fully saturated rings. The van der Waals surface area contributed by atoms with E-state index in [0.717, 1.165) is 31.8 Å². The van der Waals surface area contributed by atoms with Crippen molar-refractivity contribution in [3.8, 4) is 28.0 Å². The highest BCUT2D eigenvalue weighted by Gasteiger charge is 2.10. The molecule has 3 aromatic rings. The zero-order chi connectivity index (χ0) is 32.5. The van der Waals surface area contributed by atoms with Crippen LogP contribution in [0.2, 0.25) is 0 Å². The van der Waals surface area contributed by atoms with Crippen LogP contribution in [0.1, 0.15) is 161 Å². The van der Waals surface area contributed by atoms with E-state index in [-0.39, 0.29) is 6.10 Å². The third-order valence-electron chi connectivity index (χ3n) is 9.42. The van der Waals surface area contributed by atoms with Gasteiger partial charge in [0.15, 0.2) is 0 Å². The van der Waals surface area contributed by atoms with Gasteiger partial charge in [-0.2, -0.15) is 0 Å². The van der Waals surface area contributed by atoms with E-state index >= 15 is 0 Å². The normalized spacial score (nSPS) is 12.0. The van der Waals surface area contributed by atoms with Crippen LogP contribution in [-0.2, 0) is 4.74 Å². The fourth-order valence-electron chi connectivity index (χ4n) is 6.38. The Morgan fingerprint density at radius 2 is 0.826 bits per heavy atom. The Labute approximate surface area is 283 Å². The molecule has 1 unspecified atom stereocenters. The molecule has 0 aliphatic rings. The standard InChI is InChI=1S/C44H66O2/c1-4-6-8-10-12-14-15-16-17-19-21-25-37-46-42-34-32-41(33-35-42)44-27-23-22-26-43(44)40-30-28-39(29-31-40)38(3)45-36-24-20-18-13-11-9-7-5-2/h22-23,26-35,38H,4-21,24-25,36-37H2,1-3H3. The number of benzene rings is 3. The molecule has 0 saturated carbocycles. The maximum atomic E-state index is 6.19. The van der Waals surface area contributed by atoms with Gasteiger partial charge in [-0.15, -0.1) is 0 Å². The molecule has 1 atom stereocenters. The Hall–Kier alpha value is -2.58. The SMILES string of the molecule is CCCCCCCCCCCCCCOc1ccc(-c2ccccc2-c2ccc(C(C)OCCCCCCCCCC)cc2)cc1. The lowest BCUT2D eigenvalue weighted by Gasteiger charge is -2.15. The third kappa shape index (κ3) is 15.3. The molecular formula is C44H66O2. The summed E-state index contributed by atoms with van der Waals surface area (Å²) in [7, 11) is 0. The van der Waals surface area contributed by atoms with Crippen molar-refractivity contribution in [1.29, 1.82) is 0 Å². The number of ether oxygens (including phenoxy) is 2. The predicted molar refractivity (Wildman–Crippen MR) is 201 cm³/mol. The van der Waals surface area contributed by atoms with Crippen molar-refractivity contribution in [3.05, 3.63) is 78.4 Å². The van der Waals surface area contributed by atoms with E-state index in [4.69, 9.17) is 9.47 Å². The summed E-state index contributed by atoms with van der Waals surface area (Å²) in [6, 6.07) is 26.3. The molecule has 0 aliphatic heterocycles. The number of hydrogen-bond donors (Lipinski definition) is 0. The molecule has 0 saturated heterocycles. The largest absolute Gasteiger partial charge is 0.494 e. The predicted octanol–water partition coefficient (Wildman–Crippen LogP) is 14.3. The molecule has 0 aromatic heterocycles. The lowest BCUT2D eigenvalue weighted by Crippen LogP contribution is -2.02. The summed E-state index contributed by atoms with van der Waals surface area (Å²) in [5.74, 6) is 0.967. The third-order valence-corrected chi connectivity index (χ3v) is 9.42. The van der Waals surface area contributed by atoms with Crippen LogP contribution in [0.25, 0.3) is 22.3 Å². The highest BCUT2D eigenvalue weighted by molar-refractivity contribution is 5.83. The van der Waals surface area contributed by atoms with Crippen LogP contribution in [0.3, 0.4) is 0 Å². The van der Waals surface area contributed by atoms with E-state index in [2.05, 4.69) is 93.6 Å². The van der Waals surface area contributed by atoms with E-state index in [1.165, 1.54) is 143 Å². The van der Waals surface area contributed by atoms with Gasteiger partial charge in [-0.25, -0.2) is 0 Å². The van der Waals surface area contributed by atoms with Gasteiger partial charge in [0.1, 0.15) is 5.75 Å². The van der Waals surface area contributed by atoms with Crippen LogP contribution in [0.5, 0.6) is 5.75 Å². The van der Waals surface area contributed by atoms with Crippen molar-refractivity contribution in [2.75, 3.05) is 13.2 Å². The topological polar surface area (TPSA) is 18.5 Å². The molecule has 3 rings (SSSR count). The van der Waals surface area contributed by atoms with Crippen LogP contribution >= 0.6 is 0 Å². The molecule has 2 nitrogen and oxygen atoms in total. The van der Waals surface area contributed by atoms with Gasteiger partial charge in [0.2, 0.25) is 0 Å². The Kier molecular flexibility index (Phi) is 20.2. The summed E-state index contributed by atoms with van der Waals surface area (Å²) in [5, 5.41) is 0. The molecule has 0 aliphatic carbocycles. The minimum absolute atomic E-state index is 0.122. The van der Waals surface area contributed by atoms with Gasteiger partial charge in [-0.05, 0) is 59.7 Å². The van der Waals surface area contributed by atoms with Crippen LogP contribution in [-0.4, -0.2) is 13.2 Å². The van der Waals surface area contributed by atoms with Gasteiger partial charge < -0.3 is 9.47 Å². The molecule has 46 heavy (non-hydrogen) atoms. The minimum Gasteiger partial charge on any atom is -0.494 e. The van der Waals surface area contributed by atoms with Crippen molar-refractivity contribution in [3.63, 3.8) is 0 Å². The average Bonchev–Trinajstić information content (AvgIpc) is 3.10. The fraction of sp³-hybridized carbons (Fsp3) is 0.591. The Morgan fingerprint density at radius 3 is 1.28 bits per heavy atom. The van der Waals surface area contributed by atoms with Crippen LogP contribution < -0.4 is 4.74 Å². The van der Waals surface area contributed by atoms with Gasteiger partial charge >= 0.3 is 0 Å². The zero-order valence-corrected chi connectivity index (χ0v) is 29.9. The second-order valence-electron chi connectivity index (χ2n) is 13.4. The highest BCUT2D eigenvalue weighted by atomic mass is 16.5.